The zero-order valence-electron chi connectivity index (χ0n) is 12.4. The first-order chi connectivity index (χ1) is 9.50. The summed E-state index contributed by atoms with van der Waals surface area (Å²) in [6, 6.07) is 17.1. The molecule has 2 heteroatoms. The van der Waals surface area contributed by atoms with Crippen molar-refractivity contribution in [3.8, 4) is 0 Å². The fraction of sp³-hybridized carbons (Fsp3) is 0.333. The molecule has 0 saturated heterocycles. The van der Waals surface area contributed by atoms with E-state index in [-0.39, 0.29) is 5.54 Å². The maximum Gasteiger partial charge on any atom is 0.0360 e. The molecule has 0 amide bonds. The van der Waals surface area contributed by atoms with E-state index in [4.69, 9.17) is 11.5 Å². The molecule has 2 aromatic rings. The van der Waals surface area contributed by atoms with Crippen LogP contribution in [-0.4, -0.2) is 12.1 Å². The molecule has 0 aliphatic heterocycles. The number of nitrogens with two attached hydrogens (primary N) is 2. The summed E-state index contributed by atoms with van der Waals surface area (Å²) in [4.78, 5) is 0. The molecule has 0 aliphatic rings. The third-order valence-corrected chi connectivity index (χ3v) is 3.76. The van der Waals surface area contributed by atoms with Gasteiger partial charge < -0.3 is 11.5 Å². The zero-order chi connectivity index (χ0) is 14.6. The molecule has 0 bridgehead atoms. The van der Waals surface area contributed by atoms with Crippen molar-refractivity contribution in [2.75, 3.05) is 6.54 Å². The van der Waals surface area contributed by atoms with Crippen molar-refractivity contribution in [1.29, 1.82) is 0 Å². The lowest BCUT2D eigenvalue weighted by Gasteiger charge is -2.28. The minimum Gasteiger partial charge on any atom is -0.329 e. The smallest absolute Gasteiger partial charge is 0.0360 e. The minimum atomic E-state index is -0.384. The van der Waals surface area contributed by atoms with Crippen LogP contribution in [0.2, 0.25) is 0 Å². The average Bonchev–Trinajstić information content (AvgIpc) is 2.44. The van der Waals surface area contributed by atoms with Crippen LogP contribution in [0.25, 0.3) is 0 Å². The van der Waals surface area contributed by atoms with Gasteiger partial charge in [-0.2, -0.15) is 0 Å². The van der Waals surface area contributed by atoms with Crippen molar-refractivity contribution >= 4 is 0 Å². The summed E-state index contributed by atoms with van der Waals surface area (Å²) in [5.41, 5.74) is 17.1. The minimum absolute atomic E-state index is 0.384. The Bertz CT molecular complexity index is 493. The van der Waals surface area contributed by atoms with E-state index in [1.807, 2.05) is 0 Å². The molecule has 2 aromatic carbocycles. The van der Waals surface area contributed by atoms with Crippen LogP contribution in [0.15, 0.2) is 48.5 Å². The van der Waals surface area contributed by atoms with E-state index in [9.17, 15) is 0 Å². The van der Waals surface area contributed by atoms with Crippen LogP contribution in [0.1, 0.15) is 22.3 Å². The van der Waals surface area contributed by atoms with Gasteiger partial charge in [0.1, 0.15) is 0 Å². The van der Waals surface area contributed by atoms with E-state index in [0.29, 0.717) is 6.54 Å². The van der Waals surface area contributed by atoms with Crippen LogP contribution in [0, 0.1) is 13.8 Å². The van der Waals surface area contributed by atoms with Gasteiger partial charge in [0.15, 0.2) is 0 Å². The van der Waals surface area contributed by atoms with E-state index in [0.717, 1.165) is 12.8 Å². The molecular weight excluding hydrogens is 244 g/mol. The second-order valence-corrected chi connectivity index (χ2v) is 5.89. The Hall–Kier alpha value is -1.64. The maximum atomic E-state index is 6.51. The quantitative estimate of drug-likeness (QED) is 0.876. The van der Waals surface area contributed by atoms with Gasteiger partial charge in [-0.3, -0.25) is 0 Å². The number of rotatable bonds is 5. The van der Waals surface area contributed by atoms with E-state index >= 15 is 0 Å². The van der Waals surface area contributed by atoms with Crippen molar-refractivity contribution in [3.63, 3.8) is 0 Å². The largest absolute Gasteiger partial charge is 0.329 e. The molecule has 106 valence electrons. The molecule has 20 heavy (non-hydrogen) atoms. The van der Waals surface area contributed by atoms with Crippen LogP contribution in [0.3, 0.4) is 0 Å². The second kappa shape index (κ2) is 6.21. The van der Waals surface area contributed by atoms with E-state index in [1.165, 1.54) is 22.3 Å². The Labute approximate surface area is 121 Å². The summed E-state index contributed by atoms with van der Waals surface area (Å²) in [6.45, 7) is 4.66. The third-order valence-electron chi connectivity index (χ3n) is 3.76. The number of benzene rings is 2. The van der Waals surface area contributed by atoms with Gasteiger partial charge in [0.2, 0.25) is 0 Å². The first kappa shape index (κ1) is 14.8. The predicted molar refractivity (Wildman–Crippen MR) is 85.7 cm³/mol. The lowest BCUT2D eigenvalue weighted by Crippen LogP contribution is -2.50. The summed E-state index contributed by atoms with van der Waals surface area (Å²) in [5, 5.41) is 0. The summed E-state index contributed by atoms with van der Waals surface area (Å²) < 4.78 is 0. The number of hydrogen-bond donors (Lipinski definition) is 2. The number of hydrogen-bond acceptors (Lipinski definition) is 2. The van der Waals surface area contributed by atoms with Crippen molar-refractivity contribution in [3.05, 3.63) is 70.8 Å². The molecule has 0 aromatic heterocycles. The van der Waals surface area contributed by atoms with Gasteiger partial charge in [-0.05, 0) is 37.8 Å². The predicted octanol–water partition coefficient (Wildman–Crippen LogP) is 2.74. The van der Waals surface area contributed by atoms with Crippen LogP contribution in [0.5, 0.6) is 0 Å². The van der Waals surface area contributed by atoms with E-state index < -0.39 is 0 Å². The van der Waals surface area contributed by atoms with Gasteiger partial charge >= 0.3 is 0 Å². The first-order valence-electron chi connectivity index (χ1n) is 7.11. The second-order valence-electron chi connectivity index (χ2n) is 5.89. The lowest BCUT2D eigenvalue weighted by molar-refractivity contribution is 0.429. The highest BCUT2D eigenvalue weighted by molar-refractivity contribution is 5.27. The molecule has 2 nitrogen and oxygen atoms in total. The topological polar surface area (TPSA) is 52.0 Å². The molecule has 2 rings (SSSR count). The molecule has 4 N–H and O–H groups in total. The van der Waals surface area contributed by atoms with Gasteiger partial charge in [-0.25, -0.2) is 0 Å². The standard InChI is InChI=1S/C18H24N2/c1-14-3-7-16(8-4-14)11-18(20,13-19)12-17-9-5-15(2)6-10-17/h3-10H,11-13,19-20H2,1-2H3. The molecule has 0 spiro atoms. The summed E-state index contributed by atoms with van der Waals surface area (Å²) in [6.07, 6.45) is 1.61. The Kier molecular flexibility index (Phi) is 4.58. The monoisotopic (exact) mass is 268 g/mol. The summed E-state index contributed by atoms with van der Waals surface area (Å²) >= 11 is 0. The van der Waals surface area contributed by atoms with Crippen molar-refractivity contribution in [2.45, 2.75) is 32.2 Å². The SMILES string of the molecule is Cc1ccc(CC(N)(CN)Cc2ccc(C)cc2)cc1. The summed E-state index contributed by atoms with van der Waals surface area (Å²) in [5.74, 6) is 0. The van der Waals surface area contributed by atoms with Gasteiger partial charge in [-0.15, -0.1) is 0 Å². The Morgan fingerprint density at radius 2 is 1.10 bits per heavy atom. The normalized spacial score (nSPS) is 11.6. The Morgan fingerprint density at radius 3 is 1.40 bits per heavy atom. The number of aryl methyl sites for hydroxylation is 2. The Morgan fingerprint density at radius 1 is 0.750 bits per heavy atom. The van der Waals surface area contributed by atoms with Gasteiger partial charge in [0.05, 0.1) is 0 Å². The summed E-state index contributed by atoms with van der Waals surface area (Å²) in [7, 11) is 0. The van der Waals surface area contributed by atoms with Crippen LogP contribution >= 0.6 is 0 Å². The van der Waals surface area contributed by atoms with Crippen LogP contribution in [-0.2, 0) is 12.8 Å². The fourth-order valence-electron chi connectivity index (χ4n) is 2.43. The Balaban J connectivity index is 2.12. The zero-order valence-corrected chi connectivity index (χ0v) is 12.4. The lowest BCUT2D eigenvalue weighted by atomic mass is 9.85. The molecule has 0 atom stereocenters. The molecule has 0 radical (unpaired) electrons. The first-order valence-corrected chi connectivity index (χ1v) is 7.11. The van der Waals surface area contributed by atoms with Gasteiger partial charge in [-0.1, -0.05) is 59.7 Å². The highest BCUT2D eigenvalue weighted by atomic mass is 14.8. The van der Waals surface area contributed by atoms with E-state index in [2.05, 4.69) is 62.4 Å². The molecular formula is C18H24N2. The van der Waals surface area contributed by atoms with Crippen molar-refractivity contribution in [2.24, 2.45) is 11.5 Å². The molecule has 0 aliphatic carbocycles. The fourth-order valence-corrected chi connectivity index (χ4v) is 2.43. The van der Waals surface area contributed by atoms with Crippen LogP contribution < -0.4 is 11.5 Å². The van der Waals surface area contributed by atoms with Crippen molar-refractivity contribution in [1.82, 2.24) is 0 Å². The van der Waals surface area contributed by atoms with Gasteiger partial charge in [0, 0.05) is 12.1 Å². The highest BCUT2D eigenvalue weighted by Gasteiger charge is 2.24. The maximum absolute atomic E-state index is 6.51. The molecule has 0 heterocycles. The molecule has 0 unspecified atom stereocenters. The van der Waals surface area contributed by atoms with Crippen molar-refractivity contribution < 1.29 is 0 Å². The third kappa shape index (κ3) is 3.92. The molecule has 0 saturated carbocycles. The highest BCUT2D eigenvalue weighted by Crippen LogP contribution is 2.17. The van der Waals surface area contributed by atoms with E-state index in [1.54, 1.807) is 0 Å². The average molecular weight is 268 g/mol. The molecule has 0 fully saturated rings. The van der Waals surface area contributed by atoms with Gasteiger partial charge in [0.25, 0.3) is 0 Å². The van der Waals surface area contributed by atoms with Crippen LogP contribution in [0.4, 0.5) is 0 Å².